The Bertz CT molecular complexity index is 728. The van der Waals surface area contributed by atoms with Gasteiger partial charge in [-0.05, 0) is 45.6 Å². The lowest BCUT2D eigenvalue weighted by Gasteiger charge is -2.26. The van der Waals surface area contributed by atoms with Crippen molar-refractivity contribution < 1.29 is 4.39 Å². The SMILES string of the molecule is CN=C(NCCc1nc(C)c(C)s1)NCC(c1cccc(F)c1)N(C)C.I. The molecular weight excluding hydrogens is 476 g/mol. The third-order valence-corrected chi connectivity index (χ3v) is 5.38. The van der Waals surface area contributed by atoms with Gasteiger partial charge in [0.15, 0.2) is 5.96 Å². The minimum atomic E-state index is -0.217. The minimum Gasteiger partial charge on any atom is -0.356 e. The molecule has 0 aliphatic rings. The highest BCUT2D eigenvalue weighted by molar-refractivity contribution is 14.0. The highest BCUT2D eigenvalue weighted by atomic mass is 127. The largest absolute Gasteiger partial charge is 0.356 e. The summed E-state index contributed by atoms with van der Waals surface area (Å²) in [5.41, 5.74) is 2.04. The fourth-order valence-corrected chi connectivity index (χ4v) is 3.59. The number of rotatable bonds is 7. The van der Waals surface area contributed by atoms with Crippen LogP contribution in [0.15, 0.2) is 29.3 Å². The van der Waals surface area contributed by atoms with Gasteiger partial charge in [0.1, 0.15) is 5.82 Å². The molecule has 0 spiro atoms. The van der Waals surface area contributed by atoms with Crippen molar-refractivity contribution in [1.29, 1.82) is 0 Å². The van der Waals surface area contributed by atoms with Crippen molar-refractivity contribution in [3.05, 3.63) is 51.2 Å². The number of hydrogen-bond acceptors (Lipinski definition) is 4. The van der Waals surface area contributed by atoms with Crippen LogP contribution in [0.25, 0.3) is 0 Å². The summed E-state index contributed by atoms with van der Waals surface area (Å²) in [6.45, 7) is 5.53. The molecule has 0 aliphatic heterocycles. The molecule has 2 rings (SSSR count). The zero-order valence-electron chi connectivity index (χ0n) is 16.5. The number of hydrogen-bond donors (Lipinski definition) is 2. The maximum Gasteiger partial charge on any atom is 0.191 e. The van der Waals surface area contributed by atoms with Gasteiger partial charge >= 0.3 is 0 Å². The van der Waals surface area contributed by atoms with Crippen LogP contribution in [0.1, 0.15) is 27.2 Å². The molecule has 2 N–H and O–H groups in total. The fourth-order valence-electron chi connectivity index (χ4n) is 2.66. The lowest BCUT2D eigenvalue weighted by molar-refractivity contribution is 0.297. The molecule has 150 valence electrons. The van der Waals surface area contributed by atoms with Crippen LogP contribution in [0.3, 0.4) is 0 Å². The van der Waals surface area contributed by atoms with Gasteiger partial charge in [-0.1, -0.05) is 12.1 Å². The summed E-state index contributed by atoms with van der Waals surface area (Å²) in [7, 11) is 5.72. The summed E-state index contributed by atoms with van der Waals surface area (Å²) in [5.74, 6) is 0.518. The van der Waals surface area contributed by atoms with Crippen molar-refractivity contribution in [3.63, 3.8) is 0 Å². The van der Waals surface area contributed by atoms with Crippen LogP contribution in [0.5, 0.6) is 0 Å². The van der Waals surface area contributed by atoms with E-state index in [1.54, 1.807) is 30.5 Å². The summed E-state index contributed by atoms with van der Waals surface area (Å²) >= 11 is 1.74. The van der Waals surface area contributed by atoms with Gasteiger partial charge in [-0.25, -0.2) is 9.37 Å². The molecule has 0 saturated heterocycles. The number of nitrogens with zero attached hydrogens (tertiary/aromatic N) is 3. The van der Waals surface area contributed by atoms with E-state index in [9.17, 15) is 4.39 Å². The molecule has 5 nitrogen and oxygen atoms in total. The molecule has 1 heterocycles. The Morgan fingerprint density at radius 3 is 2.59 bits per heavy atom. The van der Waals surface area contributed by atoms with Crippen molar-refractivity contribution in [2.24, 2.45) is 4.99 Å². The van der Waals surface area contributed by atoms with E-state index in [0.29, 0.717) is 6.54 Å². The van der Waals surface area contributed by atoms with Crippen LogP contribution in [-0.4, -0.2) is 50.1 Å². The molecule has 0 amide bonds. The van der Waals surface area contributed by atoms with Gasteiger partial charge in [0.2, 0.25) is 0 Å². The first kappa shape index (κ1) is 23.8. The second kappa shape index (κ2) is 11.6. The molecule has 1 aromatic heterocycles. The number of aryl methyl sites for hydroxylation is 2. The van der Waals surface area contributed by atoms with Gasteiger partial charge in [-0.15, -0.1) is 35.3 Å². The van der Waals surface area contributed by atoms with Crippen LogP contribution in [0, 0.1) is 19.7 Å². The maximum atomic E-state index is 13.5. The Balaban J connectivity index is 0.00000364. The highest BCUT2D eigenvalue weighted by Crippen LogP contribution is 2.18. The van der Waals surface area contributed by atoms with Gasteiger partial charge in [-0.3, -0.25) is 4.99 Å². The topological polar surface area (TPSA) is 52.6 Å². The van der Waals surface area contributed by atoms with Crippen LogP contribution >= 0.6 is 35.3 Å². The number of nitrogens with one attached hydrogen (secondary N) is 2. The molecule has 1 atom stereocenters. The average Bonchev–Trinajstić information content (AvgIpc) is 2.91. The lowest BCUT2D eigenvalue weighted by Crippen LogP contribution is -2.42. The van der Waals surface area contributed by atoms with Crippen LogP contribution in [0.4, 0.5) is 4.39 Å². The van der Waals surface area contributed by atoms with E-state index in [2.05, 4.69) is 32.4 Å². The second-order valence-electron chi connectivity index (χ2n) is 6.41. The van der Waals surface area contributed by atoms with Crippen molar-refractivity contribution in [2.75, 3.05) is 34.2 Å². The van der Waals surface area contributed by atoms with Gasteiger partial charge in [-0.2, -0.15) is 0 Å². The molecule has 0 aliphatic carbocycles. The molecular formula is C19H29FIN5S. The zero-order valence-corrected chi connectivity index (χ0v) is 19.7. The number of likely N-dealkylation sites (N-methyl/N-ethyl adjacent to an activating group) is 1. The lowest BCUT2D eigenvalue weighted by atomic mass is 10.1. The second-order valence-corrected chi connectivity index (χ2v) is 7.70. The quantitative estimate of drug-likeness (QED) is 0.344. The van der Waals surface area contributed by atoms with E-state index in [1.807, 2.05) is 27.1 Å². The van der Waals surface area contributed by atoms with E-state index in [4.69, 9.17) is 0 Å². The van der Waals surface area contributed by atoms with Gasteiger partial charge < -0.3 is 15.5 Å². The van der Waals surface area contributed by atoms with Gasteiger partial charge in [0.25, 0.3) is 0 Å². The molecule has 0 radical (unpaired) electrons. The number of benzene rings is 1. The summed E-state index contributed by atoms with van der Waals surface area (Å²) in [6.07, 6.45) is 0.862. The Kier molecular flexibility index (Phi) is 10.2. The molecule has 0 bridgehead atoms. The monoisotopic (exact) mass is 505 g/mol. The van der Waals surface area contributed by atoms with E-state index < -0.39 is 0 Å². The third kappa shape index (κ3) is 7.34. The van der Waals surface area contributed by atoms with E-state index in [0.717, 1.165) is 35.2 Å². The predicted molar refractivity (Wildman–Crippen MR) is 123 cm³/mol. The number of aromatic nitrogens is 1. The first-order chi connectivity index (χ1) is 12.4. The van der Waals surface area contributed by atoms with Crippen molar-refractivity contribution in [1.82, 2.24) is 20.5 Å². The molecule has 1 aromatic carbocycles. The van der Waals surface area contributed by atoms with E-state index in [1.165, 1.54) is 10.9 Å². The van der Waals surface area contributed by atoms with E-state index in [-0.39, 0.29) is 35.8 Å². The fraction of sp³-hybridized carbons (Fsp3) is 0.474. The summed E-state index contributed by atoms with van der Waals surface area (Å²) in [5, 5.41) is 7.78. The highest BCUT2D eigenvalue weighted by Gasteiger charge is 2.15. The first-order valence-corrected chi connectivity index (χ1v) is 9.51. The van der Waals surface area contributed by atoms with Gasteiger partial charge in [0.05, 0.1) is 16.7 Å². The number of guanidine groups is 1. The molecule has 1 unspecified atom stereocenters. The average molecular weight is 505 g/mol. The van der Waals surface area contributed by atoms with Crippen molar-refractivity contribution in [3.8, 4) is 0 Å². The number of halogens is 2. The molecule has 0 saturated carbocycles. The first-order valence-electron chi connectivity index (χ1n) is 8.70. The predicted octanol–water partition coefficient (Wildman–Crippen LogP) is 3.53. The van der Waals surface area contributed by atoms with Crippen LogP contribution in [-0.2, 0) is 6.42 Å². The van der Waals surface area contributed by atoms with Crippen molar-refractivity contribution in [2.45, 2.75) is 26.3 Å². The van der Waals surface area contributed by atoms with Gasteiger partial charge in [0, 0.05) is 31.4 Å². The third-order valence-electron chi connectivity index (χ3n) is 4.25. The summed E-state index contributed by atoms with van der Waals surface area (Å²) < 4.78 is 13.5. The Morgan fingerprint density at radius 2 is 2.04 bits per heavy atom. The summed E-state index contributed by atoms with van der Waals surface area (Å²) in [6, 6.07) is 6.78. The minimum absolute atomic E-state index is 0. The standard InChI is InChI=1S/C19H28FN5S.HI/c1-13-14(2)26-18(24-13)9-10-22-19(21-3)23-12-17(25(4)5)15-7-6-8-16(20)11-15;/h6-8,11,17H,9-10,12H2,1-5H3,(H2,21,22,23);1H. The van der Waals surface area contributed by atoms with Crippen molar-refractivity contribution >= 4 is 41.3 Å². The number of thiazole rings is 1. The molecule has 2 aromatic rings. The Morgan fingerprint density at radius 1 is 1.30 bits per heavy atom. The normalized spacial score (nSPS) is 12.6. The molecule has 0 fully saturated rings. The maximum absolute atomic E-state index is 13.5. The Hall–Kier alpha value is -1.26. The summed E-state index contributed by atoms with van der Waals surface area (Å²) in [4.78, 5) is 12.2. The zero-order chi connectivity index (χ0) is 19.1. The molecule has 27 heavy (non-hydrogen) atoms. The van der Waals surface area contributed by atoms with Crippen LogP contribution in [0.2, 0.25) is 0 Å². The van der Waals surface area contributed by atoms with Crippen LogP contribution < -0.4 is 10.6 Å². The number of aliphatic imine (C=N–C) groups is 1. The molecule has 8 heteroatoms. The smallest absolute Gasteiger partial charge is 0.191 e. The Labute approximate surface area is 182 Å². The van der Waals surface area contributed by atoms with E-state index >= 15 is 0 Å².